The third-order valence-corrected chi connectivity index (χ3v) is 6.24. The maximum absolute atomic E-state index is 6.20. The highest BCUT2D eigenvalue weighted by Crippen LogP contribution is 2.62. The van der Waals surface area contributed by atoms with Crippen LogP contribution in [-0.4, -0.2) is 25.8 Å². The molecule has 3 fully saturated rings. The summed E-state index contributed by atoms with van der Waals surface area (Å²) in [4.78, 5) is 0. The maximum Gasteiger partial charge on any atom is 0.0595 e. The number of nitrogens with one attached hydrogen (secondary N) is 1. The van der Waals surface area contributed by atoms with Crippen molar-refractivity contribution in [2.24, 2.45) is 11.8 Å². The zero-order valence-electron chi connectivity index (χ0n) is 11.4. The van der Waals surface area contributed by atoms with Gasteiger partial charge in [-0.1, -0.05) is 29.3 Å². The minimum absolute atomic E-state index is 0.234. The first kappa shape index (κ1) is 13.4. The molecule has 1 aliphatic heterocycles. The highest BCUT2D eigenvalue weighted by atomic mass is 35.5. The van der Waals surface area contributed by atoms with Crippen LogP contribution in [0.15, 0.2) is 18.2 Å². The predicted molar refractivity (Wildman–Crippen MR) is 81.6 cm³/mol. The van der Waals surface area contributed by atoms with Gasteiger partial charge >= 0.3 is 0 Å². The average molecular weight is 312 g/mol. The van der Waals surface area contributed by atoms with Crippen LogP contribution in [0, 0.1) is 11.8 Å². The van der Waals surface area contributed by atoms with Crippen molar-refractivity contribution in [2.45, 2.75) is 30.8 Å². The molecule has 0 bridgehead atoms. The minimum atomic E-state index is 0.234. The number of fused-ring (bicyclic) bond motifs is 1. The molecule has 2 nitrogen and oxygen atoms in total. The van der Waals surface area contributed by atoms with Gasteiger partial charge in [0.15, 0.2) is 0 Å². The fourth-order valence-corrected chi connectivity index (χ4v) is 4.28. The van der Waals surface area contributed by atoms with Crippen LogP contribution in [0.1, 0.15) is 24.8 Å². The van der Waals surface area contributed by atoms with E-state index in [9.17, 15) is 0 Å². The Labute approximate surface area is 129 Å². The van der Waals surface area contributed by atoms with Crippen LogP contribution in [-0.2, 0) is 10.2 Å². The molecule has 1 aromatic rings. The fourth-order valence-electron chi connectivity index (χ4n) is 3.98. The molecule has 3 aliphatic rings. The molecule has 4 rings (SSSR count). The van der Waals surface area contributed by atoms with E-state index in [0.717, 1.165) is 19.7 Å². The summed E-state index contributed by atoms with van der Waals surface area (Å²) in [5.41, 5.74) is 1.56. The molecule has 0 radical (unpaired) electrons. The molecule has 1 N–H and O–H groups in total. The van der Waals surface area contributed by atoms with E-state index in [4.69, 9.17) is 27.9 Å². The first-order chi connectivity index (χ1) is 9.72. The molecule has 108 valence electrons. The number of benzene rings is 1. The molecule has 0 amide bonds. The summed E-state index contributed by atoms with van der Waals surface area (Å²) in [5.74, 6) is 1.33. The monoisotopic (exact) mass is 311 g/mol. The number of ether oxygens (including phenoxy) is 1. The van der Waals surface area contributed by atoms with Crippen LogP contribution in [0.3, 0.4) is 0 Å². The summed E-state index contributed by atoms with van der Waals surface area (Å²) in [7, 11) is 0. The fraction of sp³-hybridized carbons (Fsp3) is 0.625. The van der Waals surface area contributed by atoms with Crippen molar-refractivity contribution in [2.75, 3.05) is 19.7 Å². The Morgan fingerprint density at radius 2 is 2.10 bits per heavy atom. The van der Waals surface area contributed by atoms with Gasteiger partial charge in [0, 0.05) is 12.0 Å². The molecule has 2 aliphatic carbocycles. The van der Waals surface area contributed by atoms with Gasteiger partial charge in [0.1, 0.15) is 0 Å². The molecule has 4 heteroatoms. The van der Waals surface area contributed by atoms with Crippen molar-refractivity contribution < 1.29 is 4.74 Å². The van der Waals surface area contributed by atoms with E-state index in [2.05, 4.69) is 11.4 Å². The van der Waals surface area contributed by atoms with Gasteiger partial charge in [-0.25, -0.2) is 0 Å². The van der Waals surface area contributed by atoms with Crippen molar-refractivity contribution >= 4 is 23.2 Å². The summed E-state index contributed by atoms with van der Waals surface area (Å²) in [6, 6.07) is 6.11. The number of hydrogen-bond acceptors (Lipinski definition) is 2. The van der Waals surface area contributed by atoms with Crippen molar-refractivity contribution in [3.8, 4) is 0 Å². The van der Waals surface area contributed by atoms with Crippen LogP contribution in [0.5, 0.6) is 0 Å². The maximum atomic E-state index is 6.20. The molecule has 1 saturated heterocycles. The lowest BCUT2D eigenvalue weighted by atomic mass is 9.93. The largest absolute Gasteiger partial charge is 0.378 e. The number of hydrogen-bond donors (Lipinski definition) is 1. The topological polar surface area (TPSA) is 21.3 Å². The van der Waals surface area contributed by atoms with Crippen LogP contribution in [0.4, 0.5) is 0 Å². The average Bonchev–Trinajstić information content (AvgIpc) is 2.79. The lowest BCUT2D eigenvalue weighted by Gasteiger charge is -2.26. The normalized spacial score (nSPS) is 35.7. The van der Waals surface area contributed by atoms with Gasteiger partial charge < -0.3 is 10.1 Å². The van der Waals surface area contributed by atoms with Gasteiger partial charge in [0.05, 0.1) is 22.8 Å². The van der Waals surface area contributed by atoms with Crippen molar-refractivity contribution in [3.63, 3.8) is 0 Å². The molecular formula is C16H19Cl2NO. The second kappa shape index (κ2) is 4.88. The van der Waals surface area contributed by atoms with Crippen LogP contribution < -0.4 is 5.32 Å². The SMILES string of the molecule is Clc1ccc(C23CNCC2C3COC2CCC2)cc1Cl. The van der Waals surface area contributed by atoms with Gasteiger partial charge in [0.25, 0.3) is 0 Å². The summed E-state index contributed by atoms with van der Waals surface area (Å²) in [6.45, 7) is 3.03. The second-order valence-corrected chi connectivity index (χ2v) is 7.21. The highest BCUT2D eigenvalue weighted by Gasteiger charge is 2.67. The van der Waals surface area contributed by atoms with Crippen LogP contribution >= 0.6 is 23.2 Å². The summed E-state index contributed by atoms with van der Waals surface area (Å²) >= 11 is 12.2. The summed E-state index contributed by atoms with van der Waals surface area (Å²) in [5, 5.41) is 4.81. The van der Waals surface area contributed by atoms with Crippen LogP contribution in [0.25, 0.3) is 0 Å². The zero-order valence-corrected chi connectivity index (χ0v) is 12.9. The van der Waals surface area contributed by atoms with Crippen LogP contribution in [0.2, 0.25) is 10.0 Å². The van der Waals surface area contributed by atoms with E-state index < -0.39 is 0 Å². The first-order valence-electron chi connectivity index (χ1n) is 7.49. The van der Waals surface area contributed by atoms with Crippen molar-refractivity contribution in [1.29, 1.82) is 0 Å². The van der Waals surface area contributed by atoms with E-state index in [1.54, 1.807) is 0 Å². The Morgan fingerprint density at radius 1 is 1.25 bits per heavy atom. The molecule has 1 heterocycles. The molecule has 0 aromatic heterocycles. The third kappa shape index (κ3) is 1.93. The molecular weight excluding hydrogens is 293 g/mol. The van der Waals surface area contributed by atoms with E-state index in [0.29, 0.717) is 28.0 Å². The van der Waals surface area contributed by atoms with Crippen molar-refractivity contribution in [1.82, 2.24) is 5.32 Å². The van der Waals surface area contributed by atoms with E-state index in [1.165, 1.54) is 24.8 Å². The van der Waals surface area contributed by atoms with Gasteiger partial charge in [0.2, 0.25) is 0 Å². The minimum Gasteiger partial charge on any atom is -0.378 e. The Balaban J connectivity index is 1.53. The van der Waals surface area contributed by atoms with Gasteiger partial charge in [-0.15, -0.1) is 0 Å². The smallest absolute Gasteiger partial charge is 0.0595 e. The predicted octanol–water partition coefficient (Wildman–Crippen LogP) is 3.65. The standard InChI is InChI=1S/C16H19Cl2NO/c17-14-5-4-10(6-15(14)18)16-9-19-7-12(16)13(16)8-20-11-2-1-3-11/h4-6,11-13,19H,1-3,7-9H2. The second-order valence-electron chi connectivity index (χ2n) is 6.40. The lowest BCUT2D eigenvalue weighted by molar-refractivity contribution is -0.00759. The van der Waals surface area contributed by atoms with Gasteiger partial charge in [-0.2, -0.15) is 0 Å². The Bertz CT molecular complexity index is 531. The zero-order chi connectivity index (χ0) is 13.7. The Kier molecular flexibility index (Phi) is 3.26. The molecule has 3 atom stereocenters. The van der Waals surface area contributed by atoms with E-state index >= 15 is 0 Å². The summed E-state index contributed by atoms with van der Waals surface area (Å²) in [6.07, 6.45) is 4.35. The molecule has 3 unspecified atom stereocenters. The number of piperidine rings is 1. The van der Waals surface area contributed by atoms with Crippen molar-refractivity contribution in [3.05, 3.63) is 33.8 Å². The third-order valence-electron chi connectivity index (χ3n) is 5.50. The number of halogens is 2. The lowest BCUT2D eigenvalue weighted by Crippen LogP contribution is -2.28. The Morgan fingerprint density at radius 3 is 2.80 bits per heavy atom. The highest BCUT2D eigenvalue weighted by molar-refractivity contribution is 6.42. The number of rotatable bonds is 4. The van der Waals surface area contributed by atoms with Gasteiger partial charge in [-0.3, -0.25) is 0 Å². The Hall–Kier alpha value is -0.280. The summed E-state index contributed by atoms with van der Waals surface area (Å²) < 4.78 is 6.05. The quantitative estimate of drug-likeness (QED) is 0.916. The molecule has 0 spiro atoms. The molecule has 20 heavy (non-hydrogen) atoms. The molecule has 1 aromatic carbocycles. The molecule has 2 saturated carbocycles. The van der Waals surface area contributed by atoms with Gasteiger partial charge in [-0.05, 0) is 55.3 Å². The van der Waals surface area contributed by atoms with E-state index in [1.807, 2.05) is 12.1 Å². The first-order valence-corrected chi connectivity index (χ1v) is 8.25. The van der Waals surface area contributed by atoms with E-state index in [-0.39, 0.29) is 5.41 Å².